The Balaban J connectivity index is 2.44. The van der Waals surface area contributed by atoms with E-state index in [0.717, 1.165) is 24.5 Å². The van der Waals surface area contributed by atoms with Gasteiger partial charge >= 0.3 is 0 Å². The van der Waals surface area contributed by atoms with Crippen LogP contribution in [0, 0.1) is 0 Å². The highest BCUT2D eigenvalue weighted by molar-refractivity contribution is 6.30. The lowest BCUT2D eigenvalue weighted by molar-refractivity contribution is 0.386. The van der Waals surface area contributed by atoms with E-state index in [1.54, 1.807) is 0 Å². The molecule has 0 saturated heterocycles. The highest BCUT2D eigenvalue weighted by Gasteiger charge is 2.13. The molecule has 0 atom stereocenters. The van der Waals surface area contributed by atoms with Gasteiger partial charge in [0.05, 0.1) is 0 Å². The SMILES string of the molecule is C=C1CN(C)CCc2ccc(Cl)cc21. The summed E-state index contributed by atoms with van der Waals surface area (Å²) in [5.41, 5.74) is 3.77. The predicted octanol–water partition coefficient (Wildman–Crippen LogP) is 2.84. The van der Waals surface area contributed by atoms with Gasteiger partial charge in [-0.05, 0) is 42.3 Å². The van der Waals surface area contributed by atoms with Crippen molar-refractivity contribution in [1.29, 1.82) is 0 Å². The first-order chi connectivity index (χ1) is 6.66. The molecule has 0 aliphatic carbocycles. The minimum Gasteiger partial charge on any atom is -0.302 e. The first kappa shape index (κ1) is 9.75. The van der Waals surface area contributed by atoms with Gasteiger partial charge in [0.1, 0.15) is 0 Å². The minimum atomic E-state index is 0.800. The van der Waals surface area contributed by atoms with E-state index in [2.05, 4.69) is 24.6 Å². The Kier molecular flexibility index (Phi) is 2.62. The van der Waals surface area contributed by atoms with Crippen LogP contribution in [-0.2, 0) is 6.42 Å². The molecule has 0 amide bonds. The van der Waals surface area contributed by atoms with Crippen molar-refractivity contribution >= 4 is 17.2 Å². The summed E-state index contributed by atoms with van der Waals surface area (Å²) in [6, 6.07) is 6.10. The second kappa shape index (κ2) is 3.76. The summed E-state index contributed by atoms with van der Waals surface area (Å²) in [7, 11) is 2.12. The lowest BCUT2D eigenvalue weighted by Crippen LogP contribution is -2.20. The Bertz CT molecular complexity index is 371. The molecule has 0 spiro atoms. The Labute approximate surface area is 90.0 Å². The number of nitrogens with zero attached hydrogens (tertiary/aromatic N) is 1. The molecule has 1 aromatic rings. The molecule has 0 fully saturated rings. The number of hydrogen-bond acceptors (Lipinski definition) is 1. The van der Waals surface area contributed by atoms with E-state index >= 15 is 0 Å². The second-order valence-electron chi connectivity index (χ2n) is 3.89. The smallest absolute Gasteiger partial charge is 0.0412 e. The summed E-state index contributed by atoms with van der Waals surface area (Å²) >= 11 is 5.98. The lowest BCUT2D eigenvalue weighted by Gasteiger charge is -2.12. The third kappa shape index (κ3) is 1.84. The molecular weight excluding hydrogens is 194 g/mol. The normalized spacial score (nSPS) is 17.7. The fourth-order valence-corrected chi connectivity index (χ4v) is 2.07. The average molecular weight is 208 g/mol. The third-order valence-electron chi connectivity index (χ3n) is 2.68. The van der Waals surface area contributed by atoms with Crippen LogP contribution in [0.2, 0.25) is 5.02 Å². The average Bonchev–Trinajstić information content (AvgIpc) is 2.27. The zero-order valence-corrected chi connectivity index (χ0v) is 9.14. The van der Waals surface area contributed by atoms with E-state index in [4.69, 9.17) is 11.6 Å². The molecule has 0 bridgehead atoms. The van der Waals surface area contributed by atoms with Gasteiger partial charge in [0.25, 0.3) is 0 Å². The molecular formula is C12H14ClN. The van der Waals surface area contributed by atoms with Gasteiger partial charge in [-0.25, -0.2) is 0 Å². The Morgan fingerprint density at radius 2 is 2.21 bits per heavy atom. The molecule has 0 N–H and O–H groups in total. The van der Waals surface area contributed by atoms with E-state index in [9.17, 15) is 0 Å². The fraction of sp³-hybridized carbons (Fsp3) is 0.333. The summed E-state index contributed by atoms with van der Waals surface area (Å²) in [6.07, 6.45) is 1.09. The van der Waals surface area contributed by atoms with Crippen molar-refractivity contribution < 1.29 is 0 Å². The number of halogens is 1. The first-order valence-electron chi connectivity index (χ1n) is 4.82. The standard InChI is InChI=1S/C12H14ClN/c1-9-8-14(2)6-5-10-3-4-11(13)7-12(9)10/h3-4,7H,1,5-6,8H2,2H3. The van der Waals surface area contributed by atoms with Gasteiger partial charge in [-0.1, -0.05) is 24.2 Å². The zero-order chi connectivity index (χ0) is 10.1. The van der Waals surface area contributed by atoms with E-state index in [-0.39, 0.29) is 0 Å². The van der Waals surface area contributed by atoms with Gasteiger partial charge in [0.15, 0.2) is 0 Å². The van der Waals surface area contributed by atoms with Gasteiger partial charge in [-0.3, -0.25) is 0 Å². The molecule has 74 valence electrons. The van der Waals surface area contributed by atoms with Crippen LogP contribution in [0.4, 0.5) is 0 Å². The maximum absolute atomic E-state index is 5.98. The Morgan fingerprint density at radius 1 is 1.43 bits per heavy atom. The molecule has 1 heterocycles. The molecule has 0 radical (unpaired) electrons. The molecule has 0 saturated carbocycles. The van der Waals surface area contributed by atoms with Gasteiger partial charge in [-0.15, -0.1) is 0 Å². The summed E-state index contributed by atoms with van der Waals surface area (Å²) in [6.45, 7) is 6.14. The van der Waals surface area contributed by atoms with Gasteiger partial charge in [-0.2, -0.15) is 0 Å². The van der Waals surface area contributed by atoms with Crippen LogP contribution in [0.1, 0.15) is 11.1 Å². The van der Waals surface area contributed by atoms with Crippen LogP contribution in [0.3, 0.4) is 0 Å². The topological polar surface area (TPSA) is 3.24 Å². The predicted molar refractivity (Wildman–Crippen MR) is 61.7 cm³/mol. The van der Waals surface area contributed by atoms with Crippen molar-refractivity contribution in [3.05, 3.63) is 40.9 Å². The summed E-state index contributed by atoms with van der Waals surface area (Å²) in [4.78, 5) is 2.29. The molecule has 0 unspecified atom stereocenters. The number of fused-ring (bicyclic) bond motifs is 1. The van der Waals surface area contributed by atoms with Crippen molar-refractivity contribution in [3.63, 3.8) is 0 Å². The van der Waals surface area contributed by atoms with Crippen molar-refractivity contribution in [2.45, 2.75) is 6.42 Å². The van der Waals surface area contributed by atoms with Gasteiger partial charge in [0.2, 0.25) is 0 Å². The number of hydrogen-bond donors (Lipinski definition) is 0. The van der Waals surface area contributed by atoms with Crippen LogP contribution in [0.25, 0.3) is 5.57 Å². The van der Waals surface area contributed by atoms with Crippen molar-refractivity contribution in [3.8, 4) is 0 Å². The zero-order valence-electron chi connectivity index (χ0n) is 8.39. The molecule has 1 aliphatic heterocycles. The van der Waals surface area contributed by atoms with Crippen LogP contribution in [0.5, 0.6) is 0 Å². The number of likely N-dealkylation sites (N-methyl/N-ethyl adjacent to an activating group) is 1. The summed E-state index contributed by atoms with van der Waals surface area (Å²) in [5.74, 6) is 0. The van der Waals surface area contributed by atoms with E-state index in [1.165, 1.54) is 16.7 Å². The molecule has 14 heavy (non-hydrogen) atoms. The Morgan fingerprint density at radius 3 is 3.00 bits per heavy atom. The fourth-order valence-electron chi connectivity index (χ4n) is 1.90. The van der Waals surface area contributed by atoms with E-state index < -0.39 is 0 Å². The number of benzene rings is 1. The van der Waals surface area contributed by atoms with Crippen LogP contribution in [-0.4, -0.2) is 25.0 Å². The van der Waals surface area contributed by atoms with Crippen LogP contribution in [0.15, 0.2) is 24.8 Å². The Hall–Kier alpha value is -0.790. The monoisotopic (exact) mass is 207 g/mol. The van der Waals surface area contributed by atoms with Gasteiger partial charge in [0, 0.05) is 18.1 Å². The summed E-state index contributed by atoms with van der Waals surface area (Å²) in [5, 5.41) is 0.800. The molecule has 0 aromatic heterocycles. The molecule has 1 aromatic carbocycles. The molecule has 1 aliphatic rings. The van der Waals surface area contributed by atoms with Crippen molar-refractivity contribution in [1.82, 2.24) is 4.90 Å². The second-order valence-corrected chi connectivity index (χ2v) is 4.33. The van der Waals surface area contributed by atoms with E-state index in [0.29, 0.717) is 0 Å². The molecule has 2 heteroatoms. The van der Waals surface area contributed by atoms with E-state index in [1.807, 2.05) is 12.1 Å². The molecule has 1 nitrogen and oxygen atoms in total. The maximum atomic E-state index is 5.98. The highest BCUT2D eigenvalue weighted by atomic mass is 35.5. The summed E-state index contributed by atoms with van der Waals surface area (Å²) < 4.78 is 0. The number of rotatable bonds is 0. The largest absolute Gasteiger partial charge is 0.302 e. The third-order valence-corrected chi connectivity index (χ3v) is 2.91. The van der Waals surface area contributed by atoms with Crippen molar-refractivity contribution in [2.24, 2.45) is 0 Å². The van der Waals surface area contributed by atoms with Gasteiger partial charge < -0.3 is 4.90 Å². The first-order valence-corrected chi connectivity index (χ1v) is 5.20. The highest BCUT2D eigenvalue weighted by Crippen LogP contribution is 2.25. The molecule has 2 rings (SSSR count). The maximum Gasteiger partial charge on any atom is 0.0412 e. The lowest BCUT2D eigenvalue weighted by atomic mass is 10.0. The quantitative estimate of drug-likeness (QED) is 0.633. The van der Waals surface area contributed by atoms with Crippen LogP contribution >= 0.6 is 11.6 Å². The minimum absolute atomic E-state index is 0.800. The van der Waals surface area contributed by atoms with Crippen molar-refractivity contribution in [2.75, 3.05) is 20.1 Å². The van der Waals surface area contributed by atoms with Crippen LogP contribution < -0.4 is 0 Å².